The molecule has 2 atom stereocenters. The van der Waals surface area contributed by atoms with Crippen LogP contribution in [-0.2, 0) is 11.2 Å². The number of esters is 1. The number of aryl methyl sites for hydroxylation is 1. The summed E-state index contributed by atoms with van der Waals surface area (Å²) in [6.45, 7) is 1.73. The van der Waals surface area contributed by atoms with Crippen LogP contribution in [0.3, 0.4) is 0 Å². The minimum atomic E-state index is -1.07. The highest BCUT2D eigenvalue weighted by Crippen LogP contribution is 2.44. The van der Waals surface area contributed by atoms with Gasteiger partial charge in [0.25, 0.3) is 0 Å². The molecule has 33 heavy (non-hydrogen) atoms. The van der Waals surface area contributed by atoms with Gasteiger partial charge in [-0.05, 0) is 42.8 Å². The Labute approximate surface area is 186 Å². The maximum atomic E-state index is 12.8. The molecule has 0 spiro atoms. The highest BCUT2D eigenvalue weighted by Gasteiger charge is 2.36. The van der Waals surface area contributed by atoms with Crippen molar-refractivity contribution >= 4 is 5.97 Å². The predicted molar refractivity (Wildman–Crippen MR) is 112 cm³/mol. The van der Waals surface area contributed by atoms with Crippen molar-refractivity contribution in [2.75, 3.05) is 0 Å². The van der Waals surface area contributed by atoms with Gasteiger partial charge in [-0.2, -0.15) is 0 Å². The van der Waals surface area contributed by atoms with Gasteiger partial charge in [-0.1, -0.05) is 0 Å². The first-order valence-corrected chi connectivity index (χ1v) is 9.75. The fourth-order valence-corrected chi connectivity index (χ4v) is 3.76. The molecule has 7 N–H and O–H groups in total. The minimum absolute atomic E-state index is 0.0492. The minimum Gasteiger partial charge on any atom is -0.508 e. The highest BCUT2D eigenvalue weighted by molar-refractivity contribution is 5.91. The molecule has 0 fully saturated rings. The maximum Gasteiger partial charge on any atom is 0.338 e. The van der Waals surface area contributed by atoms with Gasteiger partial charge in [0.2, 0.25) is 0 Å². The van der Waals surface area contributed by atoms with E-state index in [4.69, 9.17) is 9.47 Å². The van der Waals surface area contributed by atoms with E-state index in [1.807, 2.05) is 0 Å². The zero-order valence-corrected chi connectivity index (χ0v) is 17.2. The lowest BCUT2D eigenvalue weighted by Crippen LogP contribution is -2.35. The van der Waals surface area contributed by atoms with E-state index in [0.717, 1.165) is 24.3 Å². The molecule has 1 aliphatic heterocycles. The fraction of sp³-hybridized carbons (Fsp3) is 0.174. The molecule has 10 nitrogen and oxygen atoms in total. The third-order valence-corrected chi connectivity index (χ3v) is 5.40. The van der Waals surface area contributed by atoms with Crippen LogP contribution in [0, 0.1) is 6.92 Å². The third kappa shape index (κ3) is 3.93. The molecule has 0 amide bonds. The Balaban J connectivity index is 1.75. The van der Waals surface area contributed by atoms with Crippen molar-refractivity contribution in [3.8, 4) is 46.0 Å². The van der Waals surface area contributed by atoms with Crippen molar-refractivity contribution in [1.82, 2.24) is 0 Å². The maximum absolute atomic E-state index is 12.8. The summed E-state index contributed by atoms with van der Waals surface area (Å²) in [4.78, 5) is 12.8. The molecule has 172 valence electrons. The summed E-state index contributed by atoms with van der Waals surface area (Å²) in [5.41, 5.74) is 1.24. The largest absolute Gasteiger partial charge is 0.508 e. The first-order chi connectivity index (χ1) is 15.5. The van der Waals surface area contributed by atoms with Crippen LogP contribution in [0.1, 0.15) is 33.2 Å². The lowest BCUT2D eigenvalue weighted by atomic mass is 9.91. The summed E-state index contributed by atoms with van der Waals surface area (Å²) in [7, 11) is 0. The van der Waals surface area contributed by atoms with Gasteiger partial charge in [-0.3, -0.25) is 0 Å². The number of fused-ring (bicyclic) bond motifs is 1. The molecule has 0 unspecified atom stereocenters. The van der Waals surface area contributed by atoms with E-state index in [-0.39, 0.29) is 23.3 Å². The first-order valence-electron chi connectivity index (χ1n) is 9.75. The molecular weight excluding hydrogens is 436 g/mol. The summed E-state index contributed by atoms with van der Waals surface area (Å²) in [6.07, 6.45) is -1.97. The fourth-order valence-electron chi connectivity index (χ4n) is 3.76. The van der Waals surface area contributed by atoms with Crippen LogP contribution in [0.2, 0.25) is 0 Å². The van der Waals surface area contributed by atoms with E-state index in [1.165, 1.54) is 12.1 Å². The molecule has 0 saturated carbocycles. The van der Waals surface area contributed by atoms with Gasteiger partial charge in [0.05, 0.1) is 5.56 Å². The van der Waals surface area contributed by atoms with Crippen LogP contribution >= 0.6 is 0 Å². The van der Waals surface area contributed by atoms with Crippen molar-refractivity contribution in [3.63, 3.8) is 0 Å². The first kappa shape index (κ1) is 21.8. The van der Waals surface area contributed by atoms with E-state index in [2.05, 4.69) is 0 Å². The molecule has 0 bridgehead atoms. The third-order valence-electron chi connectivity index (χ3n) is 5.40. The average Bonchev–Trinajstić information content (AvgIpc) is 2.75. The molecule has 0 aliphatic carbocycles. The molecule has 0 saturated heterocycles. The molecule has 1 heterocycles. The van der Waals surface area contributed by atoms with Gasteiger partial charge in [0.15, 0.2) is 40.6 Å². The van der Waals surface area contributed by atoms with Crippen molar-refractivity contribution in [3.05, 3.63) is 58.7 Å². The molecule has 0 radical (unpaired) electrons. The topological polar surface area (TPSA) is 177 Å². The number of carbonyl (C=O) groups is 1. The summed E-state index contributed by atoms with van der Waals surface area (Å²) in [5.74, 6) is -4.89. The van der Waals surface area contributed by atoms with Crippen molar-refractivity contribution in [1.29, 1.82) is 0 Å². The zero-order valence-electron chi connectivity index (χ0n) is 17.2. The summed E-state index contributed by atoms with van der Waals surface area (Å²) < 4.78 is 11.6. The monoisotopic (exact) mass is 456 g/mol. The molecular formula is C23H20O10. The van der Waals surface area contributed by atoms with Gasteiger partial charge in [0, 0.05) is 23.6 Å². The van der Waals surface area contributed by atoms with E-state index >= 15 is 0 Å². The van der Waals surface area contributed by atoms with Crippen LogP contribution in [0.5, 0.6) is 46.0 Å². The van der Waals surface area contributed by atoms with Crippen LogP contribution in [0.15, 0.2) is 36.4 Å². The number of hydrogen-bond acceptors (Lipinski definition) is 10. The summed E-state index contributed by atoms with van der Waals surface area (Å²) in [6, 6.07) is 7.01. The Morgan fingerprint density at radius 2 is 1.39 bits per heavy atom. The predicted octanol–water partition coefficient (Wildman–Crippen LogP) is 2.84. The van der Waals surface area contributed by atoms with Gasteiger partial charge in [-0.15, -0.1) is 0 Å². The van der Waals surface area contributed by atoms with Gasteiger partial charge >= 0.3 is 5.97 Å². The van der Waals surface area contributed by atoms with E-state index in [0.29, 0.717) is 16.9 Å². The van der Waals surface area contributed by atoms with Gasteiger partial charge in [0.1, 0.15) is 17.6 Å². The Morgan fingerprint density at radius 1 is 0.848 bits per heavy atom. The van der Waals surface area contributed by atoms with Crippen LogP contribution in [0.4, 0.5) is 0 Å². The Kier molecular flexibility index (Phi) is 5.21. The molecule has 3 aromatic rings. The number of phenolic OH excluding ortho intramolecular Hbond substituents is 7. The second-order valence-corrected chi connectivity index (χ2v) is 7.70. The van der Waals surface area contributed by atoms with Crippen LogP contribution < -0.4 is 4.74 Å². The number of aromatic hydroxyl groups is 7. The standard InChI is InChI=1S/C23H20O10/c1-9-2-12(24)7-18-13(9)8-19(22(32-18)10-3-14(25)20(29)15(26)4-10)33-23(31)11-5-16(27)21(30)17(28)6-11/h2-7,19,22,24-30H,8H2,1H3/t19-,22-/m1/s1. The van der Waals surface area contributed by atoms with Crippen molar-refractivity contribution in [2.45, 2.75) is 25.6 Å². The van der Waals surface area contributed by atoms with Crippen molar-refractivity contribution < 1.29 is 50.0 Å². The van der Waals surface area contributed by atoms with Crippen molar-refractivity contribution in [2.24, 2.45) is 0 Å². The van der Waals surface area contributed by atoms with Gasteiger partial charge < -0.3 is 45.2 Å². The number of phenols is 7. The SMILES string of the molecule is Cc1cc(O)cc2c1C[C@@H](OC(=O)c1cc(O)c(O)c(O)c1)[C@@H](c1cc(O)c(O)c(O)c1)O2. The molecule has 0 aromatic heterocycles. The highest BCUT2D eigenvalue weighted by atomic mass is 16.6. The number of carbonyl (C=O) groups excluding carboxylic acids is 1. The lowest BCUT2D eigenvalue weighted by molar-refractivity contribution is -0.0186. The Bertz CT molecular complexity index is 1220. The molecule has 4 rings (SSSR count). The Hall–Kier alpha value is -4.47. The quantitative estimate of drug-likeness (QED) is 0.229. The van der Waals surface area contributed by atoms with E-state index in [1.54, 1.807) is 6.92 Å². The zero-order chi connectivity index (χ0) is 24.0. The summed E-state index contributed by atoms with van der Waals surface area (Å²) in [5, 5.41) is 68.4. The number of rotatable bonds is 3. The molecule has 10 heteroatoms. The van der Waals surface area contributed by atoms with Gasteiger partial charge in [-0.25, -0.2) is 4.79 Å². The van der Waals surface area contributed by atoms with Crippen LogP contribution in [-0.4, -0.2) is 47.8 Å². The normalized spacial score (nSPS) is 17.1. The number of ether oxygens (including phenoxy) is 2. The van der Waals surface area contributed by atoms with Crippen LogP contribution in [0.25, 0.3) is 0 Å². The Morgan fingerprint density at radius 3 is 1.97 bits per heavy atom. The van der Waals surface area contributed by atoms with E-state index in [9.17, 15) is 40.5 Å². The average molecular weight is 456 g/mol. The summed E-state index contributed by atoms with van der Waals surface area (Å²) >= 11 is 0. The lowest BCUT2D eigenvalue weighted by Gasteiger charge is -2.34. The number of benzene rings is 3. The molecule has 3 aromatic carbocycles. The second-order valence-electron chi connectivity index (χ2n) is 7.70. The molecule has 1 aliphatic rings. The smallest absolute Gasteiger partial charge is 0.338 e. The second kappa shape index (κ2) is 7.90. The number of hydrogen-bond donors (Lipinski definition) is 7. The van der Waals surface area contributed by atoms with E-state index < -0.39 is 52.7 Å².